The van der Waals surface area contributed by atoms with Crippen molar-refractivity contribution in [3.8, 4) is 0 Å². The third kappa shape index (κ3) is 3.10. The normalized spacial score (nSPS) is 27.4. The number of aliphatic hydroxyl groups is 2. The van der Waals surface area contributed by atoms with Gasteiger partial charge in [-0.25, -0.2) is 0 Å². The Morgan fingerprint density at radius 1 is 1.38 bits per heavy atom. The molecule has 4 heterocycles. The fourth-order valence-electron chi connectivity index (χ4n) is 3.64. The van der Waals surface area contributed by atoms with Crippen LogP contribution in [0.3, 0.4) is 0 Å². The fraction of sp³-hybridized carbons (Fsp3) is 0.625. The molecule has 10 nitrogen and oxygen atoms in total. The van der Waals surface area contributed by atoms with Crippen LogP contribution in [-0.4, -0.2) is 74.8 Å². The van der Waals surface area contributed by atoms with Gasteiger partial charge in [-0.3, -0.25) is 14.7 Å². The molecule has 26 heavy (non-hydrogen) atoms. The summed E-state index contributed by atoms with van der Waals surface area (Å²) in [6.07, 6.45) is -1.66. The third-order valence-corrected chi connectivity index (χ3v) is 4.96. The highest BCUT2D eigenvalue weighted by Crippen LogP contribution is 2.33. The molecule has 2 aliphatic heterocycles. The number of hydrogen-bond donors (Lipinski definition) is 4. The summed E-state index contributed by atoms with van der Waals surface area (Å²) in [5.41, 5.74) is 6.69. The molecule has 0 unspecified atom stereocenters. The topological polar surface area (TPSA) is 139 Å². The number of hydrogen-bond acceptors (Lipinski definition) is 8. The zero-order chi connectivity index (χ0) is 18.3. The second kappa shape index (κ2) is 6.97. The molecule has 0 bridgehead atoms. The number of ether oxygens (including phenoxy) is 2. The first-order valence-electron chi connectivity index (χ1n) is 8.71. The van der Waals surface area contributed by atoms with E-state index < -0.39 is 18.4 Å². The van der Waals surface area contributed by atoms with Gasteiger partial charge in [-0.1, -0.05) is 0 Å². The molecule has 0 spiro atoms. The van der Waals surface area contributed by atoms with E-state index in [-0.39, 0.29) is 18.1 Å². The van der Waals surface area contributed by atoms with Gasteiger partial charge in [0, 0.05) is 31.7 Å². The molecule has 0 aliphatic carbocycles. The highest BCUT2D eigenvalue weighted by molar-refractivity contribution is 5.77. The molecule has 2 aromatic heterocycles. The molecule has 2 fully saturated rings. The number of nitrogen functional groups attached to an aromatic ring is 1. The van der Waals surface area contributed by atoms with Crippen LogP contribution in [0.2, 0.25) is 0 Å². The van der Waals surface area contributed by atoms with E-state index in [4.69, 9.17) is 15.2 Å². The Bertz CT molecular complexity index is 843. The van der Waals surface area contributed by atoms with Crippen LogP contribution in [0.5, 0.6) is 0 Å². The van der Waals surface area contributed by atoms with Crippen molar-refractivity contribution in [1.82, 2.24) is 19.4 Å². The number of nitrogens with one attached hydrogen (secondary N) is 1. The summed E-state index contributed by atoms with van der Waals surface area (Å²) in [6, 6.07) is 1.79. The minimum absolute atomic E-state index is 0.0250. The van der Waals surface area contributed by atoms with Crippen LogP contribution in [-0.2, 0) is 16.0 Å². The lowest BCUT2D eigenvalue weighted by atomic mass is 10.2. The van der Waals surface area contributed by atoms with Gasteiger partial charge in [0.05, 0.1) is 31.3 Å². The summed E-state index contributed by atoms with van der Waals surface area (Å²) in [5, 5.41) is 19.9. The molecule has 3 atom stereocenters. The molecular weight excluding hydrogens is 342 g/mol. The second-order valence-electron chi connectivity index (χ2n) is 6.70. The average molecular weight is 365 g/mol. The van der Waals surface area contributed by atoms with Crippen molar-refractivity contribution in [2.45, 2.75) is 31.4 Å². The minimum Gasteiger partial charge on any atom is -0.394 e. The maximum Gasteiger partial charge on any atom is 0.261 e. The molecule has 0 amide bonds. The molecular formula is C16H23N5O5. The summed E-state index contributed by atoms with van der Waals surface area (Å²) < 4.78 is 13.0. The number of aliphatic hydroxyl groups excluding tert-OH is 2. The van der Waals surface area contributed by atoms with E-state index >= 15 is 0 Å². The Balaban J connectivity index is 1.77. The van der Waals surface area contributed by atoms with Crippen molar-refractivity contribution in [1.29, 1.82) is 0 Å². The number of aromatic amines is 1. The molecule has 0 radical (unpaired) electrons. The van der Waals surface area contributed by atoms with Gasteiger partial charge < -0.3 is 30.0 Å². The molecule has 2 aliphatic rings. The van der Waals surface area contributed by atoms with Gasteiger partial charge in [-0.05, 0) is 6.07 Å². The summed E-state index contributed by atoms with van der Waals surface area (Å²) in [5.74, 6) is 0.0250. The van der Waals surface area contributed by atoms with E-state index in [2.05, 4.69) is 14.9 Å². The van der Waals surface area contributed by atoms with Crippen molar-refractivity contribution >= 4 is 17.0 Å². The Morgan fingerprint density at radius 3 is 2.85 bits per heavy atom. The fourth-order valence-corrected chi connectivity index (χ4v) is 3.64. The Morgan fingerprint density at radius 2 is 2.15 bits per heavy atom. The number of nitrogens with two attached hydrogens (primary N) is 1. The molecule has 5 N–H and O–H groups in total. The standard InChI is InChI=1S/C16H23N5O5/c17-16-18-14-10(15(24)19-16)5-9(7-20-1-3-25-4-2-20)21(14)13-6-11(23)12(8-22)26-13/h5,11-13,22-23H,1-4,6-8H2,(H3,17,18,19,24)/t11-,12+,13+/m0/s1. The van der Waals surface area contributed by atoms with Crippen LogP contribution in [0.1, 0.15) is 18.3 Å². The van der Waals surface area contributed by atoms with Gasteiger partial charge in [0.15, 0.2) is 5.65 Å². The van der Waals surface area contributed by atoms with Gasteiger partial charge in [0.1, 0.15) is 12.3 Å². The first-order valence-corrected chi connectivity index (χ1v) is 8.71. The number of aromatic nitrogens is 3. The first-order chi connectivity index (χ1) is 12.6. The maximum absolute atomic E-state index is 12.3. The highest BCUT2D eigenvalue weighted by atomic mass is 16.5. The zero-order valence-electron chi connectivity index (χ0n) is 14.3. The van der Waals surface area contributed by atoms with Gasteiger partial charge in [0.25, 0.3) is 5.56 Å². The molecule has 4 rings (SSSR count). The SMILES string of the molecule is Nc1nc2c(cc(CN3CCOCC3)n2[C@H]2C[C@H](O)[C@@H](CO)O2)c(=O)[nH]1. The molecule has 0 aromatic carbocycles. The predicted molar refractivity (Wildman–Crippen MR) is 92.5 cm³/mol. The third-order valence-electron chi connectivity index (χ3n) is 4.96. The number of rotatable bonds is 4. The van der Waals surface area contributed by atoms with E-state index in [0.717, 1.165) is 18.8 Å². The monoisotopic (exact) mass is 365 g/mol. The van der Waals surface area contributed by atoms with Gasteiger partial charge >= 0.3 is 0 Å². The second-order valence-corrected chi connectivity index (χ2v) is 6.70. The van der Waals surface area contributed by atoms with E-state index in [1.807, 2.05) is 4.57 Å². The maximum atomic E-state index is 12.3. The lowest BCUT2D eigenvalue weighted by molar-refractivity contribution is -0.0447. The summed E-state index contributed by atoms with van der Waals surface area (Å²) in [7, 11) is 0. The lowest BCUT2D eigenvalue weighted by Crippen LogP contribution is -2.36. The van der Waals surface area contributed by atoms with Crippen LogP contribution in [0, 0.1) is 0 Å². The Kier molecular flexibility index (Phi) is 4.67. The van der Waals surface area contributed by atoms with Crippen LogP contribution >= 0.6 is 0 Å². The molecule has 142 valence electrons. The van der Waals surface area contributed by atoms with E-state index in [1.54, 1.807) is 6.07 Å². The quantitative estimate of drug-likeness (QED) is 0.529. The summed E-state index contributed by atoms with van der Waals surface area (Å²) in [6.45, 7) is 3.24. The molecule has 0 saturated carbocycles. The molecule has 2 aromatic rings. The number of anilines is 1. The number of morpholine rings is 1. The number of fused-ring (bicyclic) bond motifs is 1. The van der Waals surface area contributed by atoms with Crippen LogP contribution in [0.15, 0.2) is 10.9 Å². The zero-order valence-corrected chi connectivity index (χ0v) is 14.3. The Labute approximate surface area is 149 Å². The van der Waals surface area contributed by atoms with Crippen molar-refractivity contribution in [3.63, 3.8) is 0 Å². The van der Waals surface area contributed by atoms with Crippen LogP contribution < -0.4 is 11.3 Å². The van der Waals surface area contributed by atoms with E-state index in [1.165, 1.54) is 0 Å². The van der Waals surface area contributed by atoms with Crippen molar-refractivity contribution in [2.75, 3.05) is 38.6 Å². The smallest absolute Gasteiger partial charge is 0.261 e. The number of H-pyrrole nitrogens is 1. The van der Waals surface area contributed by atoms with Crippen molar-refractivity contribution in [2.24, 2.45) is 0 Å². The lowest BCUT2D eigenvalue weighted by Gasteiger charge is -2.27. The Hall–Kier alpha value is -1.98. The highest BCUT2D eigenvalue weighted by Gasteiger charge is 2.36. The van der Waals surface area contributed by atoms with Crippen LogP contribution in [0.25, 0.3) is 11.0 Å². The summed E-state index contributed by atoms with van der Waals surface area (Å²) >= 11 is 0. The molecule has 10 heteroatoms. The minimum atomic E-state index is -0.780. The number of nitrogens with zero attached hydrogens (tertiary/aromatic N) is 3. The van der Waals surface area contributed by atoms with Gasteiger partial charge in [-0.2, -0.15) is 4.98 Å². The van der Waals surface area contributed by atoms with Gasteiger partial charge in [0.2, 0.25) is 5.95 Å². The molecule has 2 saturated heterocycles. The average Bonchev–Trinajstić information content (AvgIpc) is 3.15. The van der Waals surface area contributed by atoms with Crippen LogP contribution in [0.4, 0.5) is 5.95 Å². The van der Waals surface area contributed by atoms with Crippen molar-refractivity contribution < 1.29 is 19.7 Å². The van der Waals surface area contributed by atoms with E-state index in [9.17, 15) is 15.0 Å². The first kappa shape index (κ1) is 17.4. The van der Waals surface area contributed by atoms with Gasteiger partial charge in [-0.15, -0.1) is 0 Å². The summed E-state index contributed by atoms with van der Waals surface area (Å²) in [4.78, 5) is 21.3. The van der Waals surface area contributed by atoms with E-state index in [0.29, 0.717) is 37.2 Å². The largest absolute Gasteiger partial charge is 0.394 e. The predicted octanol–water partition coefficient (Wildman–Crippen LogP) is -1.22. The van der Waals surface area contributed by atoms with Crippen molar-refractivity contribution in [3.05, 3.63) is 22.1 Å².